The molecule has 0 aliphatic rings. The van der Waals surface area contributed by atoms with Crippen molar-refractivity contribution in [1.29, 1.82) is 0 Å². The second-order valence-corrected chi connectivity index (χ2v) is 7.38. The summed E-state index contributed by atoms with van der Waals surface area (Å²) in [5, 5.41) is 12.5. The van der Waals surface area contributed by atoms with Gasteiger partial charge in [-0.25, -0.2) is 8.78 Å². The molecular formula is C24H18F2N4O4. The Morgan fingerprint density at radius 1 is 1.03 bits per heavy atom. The molecule has 2 heterocycles. The van der Waals surface area contributed by atoms with Crippen molar-refractivity contribution >= 4 is 17.5 Å². The molecule has 0 aliphatic heterocycles. The largest absolute Gasteiger partial charge is 0.454 e. The molecule has 2 aromatic carbocycles. The van der Waals surface area contributed by atoms with E-state index < -0.39 is 23.4 Å². The van der Waals surface area contributed by atoms with Crippen LogP contribution in [0.25, 0.3) is 11.4 Å². The lowest BCUT2D eigenvalue weighted by molar-refractivity contribution is 0.0995. The van der Waals surface area contributed by atoms with Gasteiger partial charge in [-0.3, -0.25) is 14.6 Å². The number of nitrogens with zero attached hydrogens (tertiary/aromatic N) is 2. The SMILES string of the molecule is Cc1ccc(F)c(NC(=O)c2ccc(F)c(Oc3ccnc(-c4cc(C(N)=O)cn4O)c3)c2)c1. The van der Waals surface area contributed by atoms with Gasteiger partial charge >= 0.3 is 0 Å². The maximum absolute atomic E-state index is 14.4. The summed E-state index contributed by atoms with van der Waals surface area (Å²) in [5.41, 5.74) is 6.47. The number of hydrogen-bond donors (Lipinski definition) is 3. The van der Waals surface area contributed by atoms with E-state index in [1.54, 1.807) is 13.0 Å². The van der Waals surface area contributed by atoms with Crippen LogP contribution in [0.3, 0.4) is 0 Å². The molecule has 0 radical (unpaired) electrons. The fourth-order valence-electron chi connectivity index (χ4n) is 3.17. The van der Waals surface area contributed by atoms with Crippen LogP contribution in [0.5, 0.6) is 11.5 Å². The number of primary amides is 1. The lowest BCUT2D eigenvalue weighted by atomic mass is 10.1. The Morgan fingerprint density at radius 3 is 2.53 bits per heavy atom. The third-order valence-electron chi connectivity index (χ3n) is 4.87. The first-order valence-corrected chi connectivity index (χ1v) is 9.94. The maximum atomic E-state index is 14.4. The smallest absolute Gasteiger partial charge is 0.255 e. The van der Waals surface area contributed by atoms with E-state index in [9.17, 15) is 23.6 Å². The van der Waals surface area contributed by atoms with Gasteiger partial charge in [-0.2, -0.15) is 4.73 Å². The first-order valence-electron chi connectivity index (χ1n) is 9.94. The summed E-state index contributed by atoms with van der Waals surface area (Å²) in [5.74, 6) is -2.83. The first kappa shape index (κ1) is 22.5. The molecule has 172 valence electrons. The minimum atomic E-state index is -0.738. The average molecular weight is 464 g/mol. The molecule has 0 saturated heterocycles. The average Bonchev–Trinajstić information content (AvgIpc) is 3.20. The van der Waals surface area contributed by atoms with Crippen LogP contribution in [-0.2, 0) is 0 Å². The van der Waals surface area contributed by atoms with Gasteiger partial charge < -0.3 is 21.0 Å². The van der Waals surface area contributed by atoms with Crippen LogP contribution in [0.15, 0.2) is 67.0 Å². The number of anilines is 1. The van der Waals surface area contributed by atoms with E-state index in [0.29, 0.717) is 4.73 Å². The standard InChI is InChI=1S/C24H18F2N4O4/c1-13-2-4-17(25)19(8-13)29-24(32)14-3-5-18(26)22(10-14)34-16-6-7-28-20(11-16)21-9-15(23(27)31)12-30(21)33/h2-12,33H,1H3,(H2,27,31)(H,29,32). The predicted octanol–water partition coefficient (Wildman–Crippen LogP) is 4.52. The van der Waals surface area contributed by atoms with Crippen LogP contribution < -0.4 is 15.8 Å². The van der Waals surface area contributed by atoms with Gasteiger partial charge in [0.1, 0.15) is 17.3 Å². The van der Waals surface area contributed by atoms with Crippen LogP contribution in [0.4, 0.5) is 14.5 Å². The number of carbonyl (C=O) groups excluding carboxylic acids is 2. The third-order valence-corrected chi connectivity index (χ3v) is 4.87. The van der Waals surface area contributed by atoms with Crippen molar-refractivity contribution in [3.63, 3.8) is 0 Å². The molecule has 2 aromatic heterocycles. The second-order valence-electron chi connectivity index (χ2n) is 7.38. The van der Waals surface area contributed by atoms with Crippen molar-refractivity contribution in [3.8, 4) is 22.9 Å². The molecule has 0 spiro atoms. The van der Waals surface area contributed by atoms with Crippen molar-refractivity contribution in [2.24, 2.45) is 5.73 Å². The fraction of sp³-hybridized carbons (Fsp3) is 0.0417. The number of rotatable bonds is 6. The fourth-order valence-corrected chi connectivity index (χ4v) is 3.17. The summed E-state index contributed by atoms with van der Waals surface area (Å²) < 4.78 is 34.7. The summed E-state index contributed by atoms with van der Waals surface area (Å²) in [6.07, 6.45) is 2.49. The summed E-state index contributed by atoms with van der Waals surface area (Å²) in [6, 6.07) is 11.9. The zero-order valence-electron chi connectivity index (χ0n) is 17.8. The number of nitrogens with one attached hydrogen (secondary N) is 1. The summed E-state index contributed by atoms with van der Waals surface area (Å²) in [7, 11) is 0. The van der Waals surface area contributed by atoms with Gasteiger partial charge in [0.2, 0.25) is 5.91 Å². The van der Waals surface area contributed by atoms with E-state index in [-0.39, 0.29) is 39.7 Å². The first-order chi connectivity index (χ1) is 16.2. The highest BCUT2D eigenvalue weighted by Gasteiger charge is 2.16. The molecule has 4 rings (SSSR count). The number of aryl methyl sites for hydroxylation is 1. The van der Waals surface area contributed by atoms with Gasteiger partial charge in [-0.1, -0.05) is 6.07 Å². The Labute approximate surface area is 192 Å². The predicted molar refractivity (Wildman–Crippen MR) is 119 cm³/mol. The van der Waals surface area contributed by atoms with Gasteiger partial charge in [0.25, 0.3) is 5.91 Å². The highest BCUT2D eigenvalue weighted by molar-refractivity contribution is 6.04. The van der Waals surface area contributed by atoms with Crippen molar-refractivity contribution in [3.05, 3.63) is 95.3 Å². The Hall–Kier alpha value is -4.73. The van der Waals surface area contributed by atoms with Gasteiger partial charge in [0, 0.05) is 17.8 Å². The molecule has 4 N–H and O–H groups in total. The van der Waals surface area contributed by atoms with E-state index in [0.717, 1.165) is 17.8 Å². The molecule has 0 saturated carbocycles. The number of pyridine rings is 1. The molecule has 4 aromatic rings. The Kier molecular flexibility index (Phi) is 5.96. The molecule has 10 heteroatoms. The van der Waals surface area contributed by atoms with Gasteiger partial charge in [-0.05, 0) is 55.0 Å². The van der Waals surface area contributed by atoms with E-state index in [1.165, 1.54) is 48.7 Å². The van der Waals surface area contributed by atoms with E-state index in [4.69, 9.17) is 10.5 Å². The Balaban J connectivity index is 1.58. The topological polar surface area (TPSA) is 119 Å². The molecule has 0 aliphatic carbocycles. The van der Waals surface area contributed by atoms with Crippen LogP contribution in [0, 0.1) is 18.6 Å². The lowest BCUT2D eigenvalue weighted by Gasteiger charge is -2.11. The summed E-state index contributed by atoms with van der Waals surface area (Å²) in [4.78, 5) is 28.0. The Bertz CT molecular complexity index is 1420. The van der Waals surface area contributed by atoms with Crippen molar-refractivity contribution < 1.29 is 28.3 Å². The number of hydrogen-bond acceptors (Lipinski definition) is 5. The second kappa shape index (κ2) is 9.02. The molecule has 0 atom stereocenters. The normalized spacial score (nSPS) is 10.7. The van der Waals surface area contributed by atoms with Crippen LogP contribution in [0.1, 0.15) is 26.3 Å². The minimum Gasteiger partial charge on any atom is -0.454 e. The highest BCUT2D eigenvalue weighted by atomic mass is 19.1. The molecular weight excluding hydrogens is 446 g/mol. The number of benzene rings is 2. The molecule has 2 amide bonds. The Morgan fingerprint density at radius 2 is 1.79 bits per heavy atom. The molecule has 8 nitrogen and oxygen atoms in total. The molecule has 0 unspecified atom stereocenters. The van der Waals surface area contributed by atoms with Gasteiger partial charge in [0.05, 0.1) is 23.1 Å². The monoisotopic (exact) mass is 464 g/mol. The lowest BCUT2D eigenvalue weighted by Crippen LogP contribution is -2.13. The zero-order valence-corrected chi connectivity index (χ0v) is 17.8. The van der Waals surface area contributed by atoms with Gasteiger partial charge in [0.15, 0.2) is 11.6 Å². The van der Waals surface area contributed by atoms with Gasteiger partial charge in [-0.15, -0.1) is 0 Å². The van der Waals surface area contributed by atoms with Crippen molar-refractivity contribution in [2.75, 3.05) is 5.32 Å². The number of aromatic nitrogens is 2. The van der Waals surface area contributed by atoms with E-state index in [1.807, 2.05) is 0 Å². The number of carbonyl (C=O) groups is 2. The van der Waals surface area contributed by atoms with Crippen LogP contribution in [-0.4, -0.2) is 26.7 Å². The minimum absolute atomic E-state index is 0.00194. The third kappa shape index (κ3) is 4.70. The van der Waals surface area contributed by atoms with Crippen molar-refractivity contribution in [2.45, 2.75) is 6.92 Å². The quantitative estimate of drug-likeness (QED) is 0.363. The number of nitrogens with two attached hydrogens (primary N) is 1. The molecule has 34 heavy (non-hydrogen) atoms. The molecule has 0 bridgehead atoms. The summed E-state index contributed by atoms with van der Waals surface area (Å²) in [6.45, 7) is 1.75. The molecule has 0 fully saturated rings. The highest BCUT2D eigenvalue weighted by Crippen LogP contribution is 2.29. The van der Waals surface area contributed by atoms with Crippen LogP contribution in [0.2, 0.25) is 0 Å². The van der Waals surface area contributed by atoms with E-state index in [2.05, 4.69) is 10.3 Å². The van der Waals surface area contributed by atoms with Crippen LogP contribution >= 0.6 is 0 Å². The summed E-state index contributed by atoms with van der Waals surface area (Å²) >= 11 is 0. The number of ether oxygens (including phenoxy) is 1. The zero-order chi connectivity index (χ0) is 24.4. The van der Waals surface area contributed by atoms with E-state index >= 15 is 0 Å². The number of halogens is 2. The number of amides is 2. The van der Waals surface area contributed by atoms with Crippen molar-refractivity contribution in [1.82, 2.24) is 9.71 Å². The maximum Gasteiger partial charge on any atom is 0.255 e.